The molecule has 132 valence electrons. The summed E-state index contributed by atoms with van der Waals surface area (Å²) in [5.41, 5.74) is 3.94. The summed E-state index contributed by atoms with van der Waals surface area (Å²) >= 11 is 6.65. The van der Waals surface area contributed by atoms with E-state index in [2.05, 4.69) is 11.8 Å². The molecule has 4 heteroatoms. The minimum atomic E-state index is 0.143. The van der Waals surface area contributed by atoms with Gasteiger partial charge in [0.1, 0.15) is 0 Å². The Kier molecular flexibility index (Phi) is 4.68. The van der Waals surface area contributed by atoms with Gasteiger partial charge in [-0.15, -0.1) is 0 Å². The lowest BCUT2D eigenvalue weighted by atomic mass is 9.94. The van der Waals surface area contributed by atoms with E-state index in [9.17, 15) is 4.79 Å². The van der Waals surface area contributed by atoms with Crippen LogP contribution in [0.4, 0.5) is 0 Å². The predicted octanol–water partition coefficient (Wildman–Crippen LogP) is 5.17. The molecule has 0 N–H and O–H groups in total. The van der Waals surface area contributed by atoms with Crippen LogP contribution in [0.5, 0.6) is 0 Å². The quantitative estimate of drug-likeness (QED) is 0.743. The molecular formula is C21H25ClN2O. The first-order chi connectivity index (χ1) is 12.2. The van der Waals surface area contributed by atoms with Gasteiger partial charge >= 0.3 is 0 Å². The minimum Gasteiger partial charge on any atom is -0.336 e. The second-order valence-corrected chi connectivity index (χ2v) is 7.72. The minimum absolute atomic E-state index is 0.143. The summed E-state index contributed by atoms with van der Waals surface area (Å²) in [4.78, 5) is 20.0. The molecule has 1 amide bonds. The molecule has 1 atom stereocenters. The Hall–Kier alpha value is -1.61. The molecular weight excluding hydrogens is 332 g/mol. The zero-order valence-corrected chi connectivity index (χ0v) is 15.6. The van der Waals surface area contributed by atoms with Crippen molar-refractivity contribution < 1.29 is 4.79 Å². The van der Waals surface area contributed by atoms with E-state index in [-0.39, 0.29) is 5.91 Å². The third-order valence-electron chi connectivity index (χ3n) is 5.80. The molecule has 1 unspecified atom stereocenters. The maximum atomic E-state index is 13.1. The number of benzene rings is 1. The van der Waals surface area contributed by atoms with Gasteiger partial charge in [0.25, 0.3) is 5.91 Å². The van der Waals surface area contributed by atoms with Crippen LogP contribution in [0.1, 0.15) is 67.1 Å². The van der Waals surface area contributed by atoms with Gasteiger partial charge in [-0.1, -0.05) is 24.6 Å². The molecule has 25 heavy (non-hydrogen) atoms. The highest BCUT2D eigenvalue weighted by Gasteiger charge is 2.26. The van der Waals surface area contributed by atoms with Gasteiger partial charge in [0.05, 0.1) is 10.5 Å². The van der Waals surface area contributed by atoms with E-state index in [1.165, 1.54) is 24.8 Å². The third kappa shape index (κ3) is 3.03. The number of rotatable bonds is 2. The molecule has 1 fully saturated rings. The van der Waals surface area contributed by atoms with Gasteiger partial charge in [-0.2, -0.15) is 0 Å². The van der Waals surface area contributed by atoms with Crippen molar-refractivity contribution in [1.29, 1.82) is 0 Å². The second-order valence-electron chi connectivity index (χ2n) is 7.35. The van der Waals surface area contributed by atoms with Crippen LogP contribution >= 0.6 is 11.6 Å². The first-order valence-electron chi connectivity index (χ1n) is 9.61. The molecule has 0 spiro atoms. The summed E-state index contributed by atoms with van der Waals surface area (Å²) in [6.07, 6.45) is 8.84. The van der Waals surface area contributed by atoms with Gasteiger partial charge in [-0.25, -0.2) is 0 Å². The number of hydrogen-bond acceptors (Lipinski definition) is 2. The molecule has 2 aliphatic rings. The Morgan fingerprint density at radius 2 is 2.08 bits per heavy atom. The topological polar surface area (TPSA) is 33.2 Å². The van der Waals surface area contributed by atoms with Gasteiger partial charge in [-0.05, 0) is 69.1 Å². The summed E-state index contributed by atoms with van der Waals surface area (Å²) in [5, 5.41) is 1.81. The van der Waals surface area contributed by atoms with Crippen molar-refractivity contribution >= 4 is 28.4 Å². The summed E-state index contributed by atoms with van der Waals surface area (Å²) in [6, 6.07) is 6.23. The van der Waals surface area contributed by atoms with Crippen LogP contribution in [-0.4, -0.2) is 28.4 Å². The van der Waals surface area contributed by atoms with Crippen molar-refractivity contribution in [2.45, 2.75) is 64.3 Å². The standard InChI is InChI=1S/C21H25ClN2O/c1-2-15-7-5-6-12-24(15)21(25)14-10-11-17-19(13-14)23-18-9-4-3-8-16(18)20(17)22/h10-11,13,15H,2-9,12H2,1H3. The molecule has 1 aromatic heterocycles. The van der Waals surface area contributed by atoms with E-state index in [1.54, 1.807) is 0 Å². The number of piperidine rings is 1. The molecule has 0 radical (unpaired) electrons. The van der Waals surface area contributed by atoms with Crippen molar-refractivity contribution in [3.8, 4) is 0 Å². The van der Waals surface area contributed by atoms with Crippen LogP contribution in [0, 0.1) is 0 Å². The lowest BCUT2D eigenvalue weighted by Crippen LogP contribution is -2.43. The summed E-state index contributed by atoms with van der Waals surface area (Å²) < 4.78 is 0. The van der Waals surface area contributed by atoms with Crippen molar-refractivity contribution in [3.63, 3.8) is 0 Å². The van der Waals surface area contributed by atoms with Crippen LogP contribution in [0.15, 0.2) is 18.2 Å². The van der Waals surface area contributed by atoms with Gasteiger partial charge in [0.15, 0.2) is 0 Å². The van der Waals surface area contributed by atoms with Gasteiger partial charge < -0.3 is 4.90 Å². The van der Waals surface area contributed by atoms with E-state index in [1.807, 2.05) is 18.2 Å². The summed E-state index contributed by atoms with van der Waals surface area (Å²) in [5.74, 6) is 0.143. The number of hydrogen-bond donors (Lipinski definition) is 0. The number of pyridine rings is 1. The fraction of sp³-hybridized carbons (Fsp3) is 0.524. The lowest BCUT2D eigenvalue weighted by molar-refractivity contribution is 0.0608. The monoisotopic (exact) mass is 356 g/mol. The van der Waals surface area contributed by atoms with Gasteiger partial charge in [0, 0.05) is 29.2 Å². The second kappa shape index (κ2) is 6.95. The van der Waals surface area contributed by atoms with Crippen LogP contribution in [-0.2, 0) is 12.8 Å². The van der Waals surface area contributed by atoms with Crippen molar-refractivity contribution in [2.75, 3.05) is 6.54 Å². The Morgan fingerprint density at radius 1 is 1.24 bits per heavy atom. The lowest BCUT2D eigenvalue weighted by Gasteiger charge is -2.35. The number of nitrogens with zero attached hydrogens (tertiary/aromatic N) is 2. The molecule has 4 rings (SSSR count). The molecule has 2 heterocycles. The molecule has 2 aromatic rings. The fourth-order valence-electron chi connectivity index (χ4n) is 4.36. The Labute approximate surface area is 154 Å². The molecule has 0 bridgehead atoms. The molecule has 1 aromatic carbocycles. The number of amides is 1. The van der Waals surface area contributed by atoms with E-state index in [4.69, 9.17) is 16.6 Å². The average molecular weight is 357 g/mol. The zero-order chi connectivity index (χ0) is 17.4. The smallest absolute Gasteiger partial charge is 0.254 e. The van der Waals surface area contributed by atoms with Crippen LogP contribution in [0.2, 0.25) is 5.02 Å². The van der Waals surface area contributed by atoms with Gasteiger partial charge in [-0.3, -0.25) is 9.78 Å². The van der Waals surface area contributed by atoms with Crippen molar-refractivity contribution in [2.24, 2.45) is 0 Å². The number of aryl methyl sites for hydroxylation is 1. The van der Waals surface area contributed by atoms with Crippen LogP contribution < -0.4 is 0 Å². The predicted molar refractivity (Wildman–Crippen MR) is 102 cm³/mol. The summed E-state index contributed by atoms with van der Waals surface area (Å²) in [6.45, 7) is 3.04. The molecule has 1 saturated heterocycles. The SMILES string of the molecule is CCC1CCCCN1C(=O)c1ccc2c(Cl)c3c(nc2c1)CCCC3. The number of carbonyl (C=O) groups is 1. The number of carbonyl (C=O) groups excluding carboxylic acids is 1. The molecule has 3 nitrogen and oxygen atoms in total. The number of likely N-dealkylation sites (tertiary alicyclic amines) is 1. The highest BCUT2D eigenvalue weighted by molar-refractivity contribution is 6.36. The molecule has 0 saturated carbocycles. The number of aromatic nitrogens is 1. The Bertz CT molecular complexity index is 817. The van der Waals surface area contributed by atoms with E-state index in [0.29, 0.717) is 6.04 Å². The number of fused-ring (bicyclic) bond motifs is 2. The Morgan fingerprint density at radius 3 is 2.92 bits per heavy atom. The maximum absolute atomic E-state index is 13.1. The highest BCUT2D eigenvalue weighted by atomic mass is 35.5. The first-order valence-corrected chi connectivity index (χ1v) is 9.99. The Balaban J connectivity index is 1.72. The fourth-order valence-corrected chi connectivity index (χ4v) is 4.72. The number of halogens is 1. The average Bonchev–Trinajstić information content (AvgIpc) is 2.67. The zero-order valence-electron chi connectivity index (χ0n) is 14.9. The third-order valence-corrected chi connectivity index (χ3v) is 6.23. The van der Waals surface area contributed by atoms with Gasteiger partial charge in [0.2, 0.25) is 0 Å². The largest absolute Gasteiger partial charge is 0.336 e. The molecule has 1 aliphatic heterocycles. The first kappa shape index (κ1) is 16.8. The summed E-state index contributed by atoms with van der Waals surface area (Å²) in [7, 11) is 0. The molecule has 1 aliphatic carbocycles. The highest BCUT2D eigenvalue weighted by Crippen LogP contribution is 2.33. The van der Waals surface area contributed by atoms with Crippen molar-refractivity contribution in [3.05, 3.63) is 40.0 Å². The van der Waals surface area contributed by atoms with E-state index < -0.39 is 0 Å². The van der Waals surface area contributed by atoms with E-state index >= 15 is 0 Å². The maximum Gasteiger partial charge on any atom is 0.254 e. The van der Waals surface area contributed by atoms with E-state index in [0.717, 1.165) is 65.8 Å². The van der Waals surface area contributed by atoms with Crippen LogP contribution in [0.25, 0.3) is 10.9 Å². The van der Waals surface area contributed by atoms with Crippen molar-refractivity contribution in [1.82, 2.24) is 9.88 Å². The van der Waals surface area contributed by atoms with Crippen LogP contribution in [0.3, 0.4) is 0 Å². The normalized spacial score (nSPS) is 20.6.